The van der Waals surface area contributed by atoms with Crippen LogP contribution in [0, 0.1) is 0 Å². The van der Waals surface area contributed by atoms with Crippen LogP contribution in [0.1, 0.15) is 12.8 Å². The second-order valence-corrected chi connectivity index (χ2v) is 4.81. The van der Waals surface area contributed by atoms with Crippen molar-refractivity contribution in [1.29, 1.82) is 0 Å². The molecule has 1 aliphatic rings. The molecule has 0 amide bonds. The largest absolute Gasteiger partial charge is 0.325 e. The quantitative estimate of drug-likeness (QED) is 0.555. The van der Waals surface area contributed by atoms with Gasteiger partial charge in [0.1, 0.15) is 0 Å². The molecule has 1 fully saturated rings. The molecule has 0 bridgehead atoms. The SMILES string of the molecule is NCC(F)(F)CNS(=O)(=O)NC1CC1. The molecule has 0 heterocycles. The Morgan fingerprint density at radius 1 is 1.43 bits per heavy atom. The van der Waals surface area contributed by atoms with Crippen LogP contribution in [0.3, 0.4) is 0 Å². The summed E-state index contributed by atoms with van der Waals surface area (Å²) >= 11 is 0. The monoisotopic (exact) mass is 229 g/mol. The van der Waals surface area contributed by atoms with E-state index in [2.05, 4.69) is 4.72 Å². The van der Waals surface area contributed by atoms with E-state index < -0.39 is 29.2 Å². The first-order valence-electron chi connectivity index (χ1n) is 4.19. The minimum Gasteiger partial charge on any atom is -0.325 e. The van der Waals surface area contributed by atoms with Crippen LogP contribution in [-0.2, 0) is 10.2 Å². The average Bonchev–Trinajstić information content (AvgIpc) is 2.85. The zero-order valence-electron chi connectivity index (χ0n) is 7.46. The number of alkyl halides is 2. The standard InChI is InChI=1S/C6H13F2N3O2S/c7-6(8,3-9)4-10-14(12,13)11-5-1-2-5/h5,10-11H,1-4,9H2. The Morgan fingerprint density at radius 3 is 2.43 bits per heavy atom. The normalized spacial score (nSPS) is 18.5. The summed E-state index contributed by atoms with van der Waals surface area (Å²) in [5.74, 6) is -3.20. The van der Waals surface area contributed by atoms with E-state index in [-0.39, 0.29) is 6.04 Å². The van der Waals surface area contributed by atoms with Gasteiger partial charge in [0.2, 0.25) is 0 Å². The molecule has 0 saturated heterocycles. The molecule has 5 nitrogen and oxygen atoms in total. The molecule has 1 saturated carbocycles. The summed E-state index contributed by atoms with van der Waals surface area (Å²) < 4.78 is 51.2. The van der Waals surface area contributed by atoms with Gasteiger partial charge in [-0.3, -0.25) is 0 Å². The van der Waals surface area contributed by atoms with Gasteiger partial charge < -0.3 is 5.73 Å². The predicted octanol–water partition coefficient (Wildman–Crippen LogP) is -0.833. The van der Waals surface area contributed by atoms with Gasteiger partial charge in [0, 0.05) is 6.04 Å². The lowest BCUT2D eigenvalue weighted by Gasteiger charge is -2.14. The summed E-state index contributed by atoms with van der Waals surface area (Å²) in [6, 6.07) is -0.0981. The number of halogens is 2. The van der Waals surface area contributed by atoms with Crippen LogP contribution in [0.25, 0.3) is 0 Å². The van der Waals surface area contributed by atoms with Crippen molar-refractivity contribution in [3.8, 4) is 0 Å². The third-order valence-corrected chi connectivity index (χ3v) is 2.89. The smallest absolute Gasteiger partial charge is 0.277 e. The molecule has 0 aromatic carbocycles. The highest BCUT2D eigenvalue weighted by atomic mass is 32.2. The van der Waals surface area contributed by atoms with E-state index in [0.717, 1.165) is 12.8 Å². The summed E-state index contributed by atoms with van der Waals surface area (Å²) in [6.45, 7) is -1.84. The second kappa shape index (κ2) is 4.05. The third-order valence-electron chi connectivity index (χ3n) is 1.72. The van der Waals surface area contributed by atoms with Crippen molar-refractivity contribution >= 4 is 10.2 Å². The Labute approximate surface area is 81.2 Å². The Bertz CT molecular complexity index is 289. The number of nitrogens with two attached hydrogens (primary N) is 1. The lowest BCUT2D eigenvalue weighted by molar-refractivity contribution is 0.0169. The van der Waals surface area contributed by atoms with Gasteiger partial charge in [-0.2, -0.15) is 17.9 Å². The Kier molecular flexibility index (Phi) is 3.40. The number of hydrogen-bond acceptors (Lipinski definition) is 3. The first kappa shape index (κ1) is 11.8. The van der Waals surface area contributed by atoms with Crippen LogP contribution in [-0.4, -0.2) is 33.5 Å². The zero-order chi connectivity index (χ0) is 10.8. The second-order valence-electron chi connectivity index (χ2n) is 3.28. The summed E-state index contributed by atoms with van der Waals surface area (Å²) in [6.07, 6.45) is 1.52. The van der Waals surface area contributed by atoms with Crippen molar-refractivity contribution in [3.05, 3.63) is 0 Å². The van der Waals surface area contributed by atoms with Gasteiger partial charge in [-0.15, -0.1) is 0 Å². The van der Waals surface area contributed by atoms with Gasteiger partial charge in [0.25, 0.3) is 16.1 Å². The minimum absolute atomic E-state index is 0.0981. The number of hydrogen-bond donors (Lipinski definition) is 3. The average molecular weight is 229 g/mol. The highest BCUT2D eigenvalue weighted by Crippen LogP contribution is 2.19. The third kappa shape index (κ3) is 4.27. The maximum absolute atomic E-state index is 12.6. The molecule has 0 radical (unpaired) electrons. The first-order chi connectivity index (χ1) is 6.35. The van der Waals surface area contributed by atoms with E-state index in [4.69, 9.17) is 5.73 Å². The molecule has 14 heavy (non-hydrogen) atoms. The highest BCUT2D eigenvalue weighted by Gasteiger charge is 2.31. The van der Waals surface area contributed by atoms with Crippen molar-refractivity contribution < 1.29 is 17.2 Å². The van der Waals surface area contributed by atoms with Gasteiger partial charge in [-0.25, -0.2) is 8.78 Å². The predicted molar refractivity (Wildman–Crippen MR) is 47.1 cm³/mol. The van der Waals surface area contributed by atoms with Crippen molar-refractivity contribution in [2.45, 2.75) is 24.8 Å². The van der Waals surface area contributed by atoms with Crippen LogP contribution < -0.4 is 15.2 Å². The molecular formula is C6H13F2N3O2S. The fourth-order valence-electron chi connectivity index (χ4n) is 0.735. The van der Waals surface area contributed by atoms with E-state index >= 15 is 0 Å². The lowest BCUT2D eigenvalue weighted by Crippen LogP contribution is -2.46. The molecule has 84 valence electrons. The van der Waals surface area contributed by atoms with E-state index in [1.807, 2.05) is 0 Å². The van der Waals surface area contributed by atoms with Crippen molar-refractivity contribution in [3.63, 3.8) is 0 Å². The van der Waals surface area contributed by atoms with E-state index in [9.17, 15) is 17.2 Å². The van der Waals surface area contributed by atoms with Crippen molar-refractivity contribution in [2.24, 2.45) is 5.73 Å². The number of rotatable bonds is 6. The van der Waals surface area contributed by atoms with Gasteiger partial charge in [0.05, 0.1) is 13.1 Å². The highest BCUT2D eigenvalue weighted by molar-refractivity contribution is 7.87. The maximum Gasteiger partial charge on any atom is 0.277 e. The Balaban J connectivity index is 2.35. The Hall–Kier alpha value is -0.310. The molecule has 0 atom stereocenters. The number of nitrogens with one attached hydrogen (secondary N) is 2. The fourth-order valence-corrected chi connectivity index (χ4v) is 1.89. The van der Waals surface area contributed by atoms with E-state index in [0.29, 0.717) is 0 Å². The molecule has 0 unspecified atom stereocenters. The summed E-state index contributed by atoms with van der Waals surface area (Å²) in [5, 5.41) is 0. The Morgan fingerprint density at radius 2 is 2.00 bits per heavy atom. The topological polar surface area (TPSA) is 84.2 Å². The van der Waals surface area contributed by atoms with Crippen molar-refractivity contribution in [1.82, 2.24) is 9.44 Å². The summed E-state index contributed by atoms with van der Waals surface area (Å²) in [5.41, 5.74) is 4.74. The van der Waals surface area contributed by atoms with Crippen LogP contribution in [0.2, 0.25) is 0 Å². The lowest BCUT2D eigenvalue weighted by atomic mass is 10.3. The van der Waals surface area contributed by atoms with Gasteiger partial charge in [-0.1, -0.05) is 0 Å². The minimum atomic E-state index is -3.80. The summed E-state index contributed by atoms with van der Waals surface area (Å²) in [4.78, 5) is 0. The maximum atomic E-state index is 12.6. The zero-order valence-corrected chi connectivity index (χ0v) is 8.28. The van der Waals surface area contributed by atoms with Crippen LogP contribution >= 0.6 is 0 Å². The first-order valence-corrected chi connectivity index (χ1v) is 5.68. The van der Waals surface area contributed by atoms with E-state index in [1.165, 1.54) is 0 Å². The van der Waals surface area contributed by atoms with Gasteiger partial charge >= 0.3 is 0 Å². The van der Waals surface area contributed by atoms with E-state index in [1.54, 1.807) is 4.72 Å². The molecule has 4 N–H and O–H groups in total. The molecule has 8 heteroatoms. The fraction of sp³-hybridized carbons (Fsp3) is 1.00. The summed E-state index contributed by atoms with van der Waals surface area (Å²) in [7, 11) is -3.80. The van der Waals surface area contributed by atoms with Crippen LogP contribution in [0.4, 0.5) is 8.78 Å². The molecule has 1 aliphatic carbocycles. The molecule has 0 aromatic heterocycles. The van der Waals surface area contributed by atoms with Crippen LogP contribution in [0.5, 0.6) is 0 Å². The molecule has 0 spiro atoms. The van der Waals surface area contributed by atoms with Crippen LogP contribution in [0.15, 0.2) is 0 Å². The van der Waals surface area contributed by atoms with Crippen molar-refractivity contribution in [2.75, 3.05) is 13.1 Å². The van der Waals surface area contributed by atoms with Gasteiger partial charge in [0.15, 0.2) is 0 Å². The molecular weight excluding hydrogens is 216 g/mol. The molecule has 0 aromatic rings. The molecule has 1 rings (SSSR count). The molecule has 0 aliphatic heterocycles. The van der Waals surface area contributed by atoms with Gasteiger partial charge in [-0.05, 0) is 12.8 Å².